The third-order valence-corrected chi connectivity index (χ3v) is 3.27. The minimum Gasteiger partial charge on any atom is -0.309 e. The van der Waals surface area contributed by atoms with Gasteiger partial charge in [-0.25, -0.2) is 0 Å². The fraction of sp³-hybridized carbons (Fsp3) is 1.00. The monoisotopic (exact) mass is 214 g/mol. The maximum absolute atomic E-state index is 2.62. The van der Waals surface area contributed by atoms with Crippen LogP contribution in [0.4, 0.5) is 0 Å². The van der Waals surface area contributed by atoms with Gasteiger partial charge >= 0.3 is 0 Å². The van der Waals surface area contributed by atoms with Crippen LogP contribution in [0.15, 0.2) is 0 Å². The van der Waals surface area contributed by atoms with Crippen molar-refractivity contribution in [3.05, 3.63) is 0 Å². The molecule has 15 heavy (non-hydrogen) atoms. The van der Waals surface area contributed by atoms with Gasteiger partial charge in [0.1, 0.15) is 0 Å². The highest BCUT2D eigenvalue weighted by atomic mass is 15.2. The Morgan fingerprint density at radius 2 is 1.60 bits per heavy atom. The fourth-order valence-corrected chi connectivity index (χ4v) is 2.02. The molecule has 0 heterocycles. The smallest absolute Gasteiger partial charge is 0.0153 e. The molecule has 0 bridgehead atoms. The lowest BCUT2D eigenvalue weighted by atomic mass is 9.97. The van der Waals surface area contributed by atoms with E-state index in [0.717, 1.165) is 0 Å². The molecule has 92 valence electrons. The lowest BCUT2D eigenvalue weighted by Gasteiger charge is -2.41. The molecule has 0 radical (unpaired) electrons. The summed E-state index contributed by atoms with van der Waals surface area (Å²) in [7, 11) is 4.29. The average Bonchev–Trinajstić information content (AvgIpc) is 2.11. The van der Waals surface area contributed by atoms with Gasteiger partial charge in [0.05, 0.1) is 0 Å². The summed E-state index contributed by atoms with van der Waals surface area (Å²) in [5.41, 5.74) is 0.334. The van der Waals surface area contributed by atoms with Crippen LogP contribution >= 0.6 is 0 Å². The SMILES string of the molecule is CCC(C)(C)N(CCCN(C)C)C(C)C. The van der Waals surface area contributed by atoms with Gasteiger partial charge in [-0.1, -0.05) is 6.92 Å². The molecule has 0 atom stereocenters. The standard InChI is InChI=1S/C13H30N2/c1-8-13(4,5)15(12(2)3)11-9-10-14(6)7/h12H,8-11H2,1-7H3. The van der Waals surface area contributed by atoms with E-state index < -0.39 is 0 Å². The number of rotatable bonds is 7. The predicted molar refractivity (Wildman–Crippen MR) is 69.4 cm³/mol. The van der Waals surface area contributed by atoms with Crippen LogP contribution in [-0.2, 0) is 0 Å². The van der Waals surface area contributed by atoms with Crippen LogP contribution in [-0.4, -0.2) is 48.6 Å². The van der Waals surface area contributed by atoms with Crippen LogP contribution in [0.25, 0.3) is 0 Å². The maximum atomic E-state index is 2.62. The van der Waals surface area contributed by atoms with Gasteiger partial charge in [-0.3, -0.25) is 4.90 Å². The summed E-state index contributed by atoms with van der Waals surface area (Å²) in [6.07, 6.45) is 2.47. The molecule has 0 fully saturated rings. The summed E-state index contributed by atoms with van der Waals surface area (Å²) in [4.78, 5) is 4.88. The summed E-state index contributed by atoms with van der Waals surface area (Å²) in [6.45, 7) is 14.0. The minimum absolute atomic E-state index is 0.334. The van der Waals surface area contributed by atoms with E-state index >= 15 is 0 Å². The molecule has 0 aliphatic heterocycles. The normalized spacial score (nSPS) is 13.2. The third kappa shape index (κ3) is 5.53. The second-order valence-corrected chi connectivity index (χ2v) is 5.61. The Morgan fingerprint density at radius 1 is 1.07 bits per heavy atom. The first-order chi connectivity index (χ1) is 6.81. The molecule has 0 aromatic heterocycles. The van der Waals surface area contributed by atoms with E-state index in [1.807, 2.05) is 0 Å². The third-order valence-electron chi connectivity index (χ3n) is 3.27. The van der Waals surface area contributed by atoms with Crippen molar-refractivity contribution >= 4 is 0 Å². The predicted octanol–water partition coefficient (Wildman–Crippen LogP) is 2.84. The van der Waals surface area contributed by atoms with Gasteiger partial charge in [0.25, 0.3) is 0 Å². The van der Waals surface area contributed by atoms with Crippen molar-refractivity contribution < 1.29 is 0 Å². The number of hydrogen-bond donors (Lipinski definition) is 0. The second-order valence-electron chi connectivity index (χ2n) is 5.61. The molecular formula is C13H30N2. The van der Waals surface area contributed by atoms with Crippen LogP contribution in [0, 0.1) is 0 Å². The topological polar surface area (TPSA) is 6.48 Å². The largest absolute Gasteiger partial charge is 0.309 e. The van der Waals surface area contributed by atoms with Gasteiger partial charge in [-0.2, -0.15) is 0 Å². The Kier molecular flexibility index (Phi) is 6.46. The van der Waals surface area contributed by atoms with Gasteiger partial charge in [0, 0.05) is 18.1 Å². The van der Waals surface area contributed by atoms with E-state index in [0.29, 0.717) is 11.6 Å². The van der Waals surface area contributed by atoms with Gasteiger partial charge in [0.15, 0.2) is 0 Å². The Morgan fingerprint density at radius 3 is 1.93 bits per heavy atom. The highest BCUT2D eigenvalue weighted by molar-refractivity contribution is 4.82. The summed E-state index contributed by atoms with van der Waals surface area (Å²) >= 11 is 0. The first-order valence-electron chi connectivity index (χ1n) is 6.22. The fourth-order valence-electron chi connectivity index (χ4n) is 2.02. The van der Waals surface area contributed by atoms with Crippen LogP contribution in [0.1, 0.15) is 47.5 Å². The Labute approximate surface area is 96.6 Å². The second kappa shape index (κ2) is 6.49. The maximum Gasteiger partial charge on any atom is 0.0153 e. The van der Waals surface area contributed by atoms with Crippen LogP contribution in [0.3, 0.4) is 0 Å². The molecule has 0 aliphatic rings. The zero-order valence-electron chi connectivity index (χ0n) is 11.8. The molecule has 0 aromatic carbocycles. The summed E-state index contributed by atoms with van der Waals surface area (Å²) in [5, 5.41) is 0. The van der Waals surface area contributed by atoms with Gasteiger partial charge in [-0.15, -0.1) is 0 Å². The van der Waals surface area contributed by atoms with Crippen molar-refractivity contribution in [1.82, 2.24) is 9.80 Å². The first kappa shape index (κ1) is 14.9. The first-order valence-corrected chi connectivity index (χ1v) is 6.22. The van der Waals surface area contributed by atoms with E-state index in [9.17, 15) is 0 Å². The molecule has 0 aliphatic carbocycles. The van der Waals surface area contributed by atoms with Gasteiger partial charge in [0.2, 0.25) is 0 Å². The Hall–Kier alpha value is -0.0800. The van der Waals surface area contributed by atoms with E-state index in [4.69, 9.17) is 0 Å². The number of hydrogen-bond acceptors (Lipinski definition) is 2. The molecule has 0 saturated heterocycles. The van der Waals surface area contributed by atoms with E-state index in [1.54, 1.807) is 0 Å². The zero-order chi connectivity index (χ0) is 12.1. The Balaban J connectivity index is 4.17. The summed E-state index contributed by atoms with van der Waals surface area (Å²) in [6, 6.07) is 0.641. The van der Waals surface area contributed by atoms with Crippen molar-refractivity contribution in [2.75, 3.05) is 27.2 Å². The lowest BCUT2D eigenvalue weighted by molar-refractivity contribution is 0.0769. The molecule has 0 aromatic rings. The van der Waals surface area contributed by atoms with E-state index in [-0.39, 0.29) is 0 Å². The molecule has 0 N–H and O–H groups in total. The highest BCUT2D eigenvalue weighted by Gasteiger charge is 2.26. The number of nitrogens with zero attached hydrogens (tertiary/aromatic N) is 2. The molecule has 0 saturated carbocycles. The van der Waals surface area contributed by atoms with Crippen molar-refractivity contribution in [1.29, 1.82) is 0 Å². The molecular weight excluding hydrogens is 184 g/mol. The van der Waals surface area contributed by atoms with E-state index in [2.05, 4.69) is 58.5 Å². The van der Waals surface area contributed by atoms with E-state index in [1.165, 1.54) is 25.9 Å². The van der Waals surface area contributed by atoms with Crippen molar-refractivity contribution in [2.24, 2.45) is 0 Å². The zero-order valence-corrected chi connectivity index (χ0v) is 11.8. The van der Waals surface area contributed by atoms with Crippen LogP contribution in [0.5, 0.6) is 0 Å². The van der Waals surface area contributed by atoms with Crippen molar-refractivity contribution in [3.8, 4) is 0 Å². The lowest BCUT2D eigenvalue weighted by Crippen LogP contribution is -2.48. The molecule has 2 nitrogen and oxygen atoms in total. The van der Waals surface area contributed by atoms with Crippen molar-refractivity contribution in [3.63, 3.8) is 0 Å². The Bertz CT molecular complexity index is 162. The molecule has 0 rings (SSSR count). The average molecular weight is 214 g/mol. The summed E-state index contributed by atoms with van der Waals surface area (Å²) < 4.78 is 0. The minimum atomic E-state index is 0.334. The molecule has 2 heteroatoms. The summed E-state index contributed by atoms with van der Waals surface area (Å²) in [5.74, 6) is 0. The van der Waals surface area contributed by atoms with Crippen LogP contribution < -0.4 is 0 Å². The van der Waals surface area contributed by atoms with Crippen LogP contribution in [0.2, 0.25) is 0 Å². The van der Waals surface area contributed by atoms with Gasteiger partial charge in [-0.05, 0) is 61.2 Å². The van der Waals surface area contributed by atoms with Gasteiger partial charge < -0.3 is 4.90 Å². The molecule has 0 unspecified atom stereocenters. The quantitative estimate of drug-likeness (QED) is 0.643. The highest BCUT2D eigenvalue weighted by Crippen LogP contribution is 2.21. The van der Waals surface area contributed by atoms with Crippen molar-refractivity contribution in [2.45, 2.75) is 59.0 Å². The molecule has 0 amide bonds. The molecule has 0 spiro atoms.